The van der Waals surface area contributed by atoms with Crippen molar-refractivity contribution in [3.63, 3.8) is 0 Å². The number of hydrogen-bond acceptors (Lipinski definition) is 0. The average molecular weight is 200 g/mol. The molecule has 0 aromatic heterocycles. The molecule has 0 atom stereocenters. The molecule has 0 bridgehead atoms. The van der Waals surface area contributed by atoms with Crippen LogP contribution in [0.25, 0.3) is 0 Å². The third kappa shape index (κ3) is 12.0. The quantitative estimate of drug-likeness (QED) is 0.539. The summed E-state index contributed by atoms with van der Waals surface area (Å²) in [6.07, 6.45) is 11.6. The molecule has 14 heavy (non-hydrogen) atoms. The van der Waals surface area contributed by atoms with Gasteiger partial charge in [-0.1, -0.05) is 86.0 Å². The Morgan fingerprint density at radius 2 is 1.21 bits per heavy atom. The van der Waals surface area contributed by atoms with E-state index in [1.807, 2.05) is 13.8 Å². The van der Waals surface area contributed by atoms with Gasteiger partial charge in [0.05, 0.1) is 0 Å². The van der Waals surface area contributed by atoms with Crippen LogP contribution >= 0.6 is 0 Å². The molecule has 0 nitrogen and oxygen atoms in total. The first-order valence-corrected chi connectivity index (χ1v) is 6.85. The molecule has 1 aliphatic carbocycles. The van der Waals surface area contributed by atoms with E-state index in [-0.39, 0.29) is 0 Å². The lowest BCUT2D eigenvalue weighted by Crippen LogP contribution is -1.89. The second kappa shape index (κ2) is 15.5. The van der Waals surface area contributed by atoms with Gasteiger partial charge < -0.3 is 0 Å². The molecule has 0 heteroatoms. The Labute approximate surface area is 92.5 Å². The van der Waals surface area contributed by atoms with Gasteiger partial charge in [-0.3, -0.25) is 0 Å². The highest BCUT2D eigenvalue weighted by molar-refractivity contribution is 4.65. The lowest BCUT2D eigenvalue weighted by atomic mass is 10.0. The van der Waals surface area contributed by atoms with Crippen molar-refractivity contribution in [3.8, 4) is 0 Å². The van der Waals surface area contributed by atoms with Crippen molar-refractivity contribution in [2.24, 2.45) is 5.92 Å². The van der Waals surface area contributed by atoms with Gasteiger partial charge in [0.15, 0.2) is 0 Å². The molecule has 1 rings (SSSR count). The Kier molecular flexibility index (Phi) is 18.2. The maximum atomic E-state index is 2.29. The molecule has 0 spiro atoms. The van der Waals surface area contributed by atoms with Crippen LogP contribution < -0.4 is 0 Å². The summed E-state index contributed by atoms with van der Waals surface area (Å²) in [5.41, 5.74) is 0. The second-order valence-electron chi connectivity index (χ2n) is 3.94. The standard InChI is InChI=1S/C8H16.C4H10.C2H6/c1-2-5-8-6-3-4-7-8;1-3-4-2;1-2/h8H,2-7H2,1H3;3-4H2,1-2H3;1-2H3. The highest BCUT2D eigenvalue weighted by Crippen LogP contribution is 2.27. The van der Waals surface area contributed by atoms with Gasteiger partial charge in [0.1, 0.15) is 0 Å². The first-order valence-electron chi connectivity index (χ1n) is 6.85. The molecule has 0 amide bonds. The normalized spacial score (nSPS) is 15.2. The van der Waals surface area contributed by atoms with Crippen LogP contribution in [-0.4, -0.2) is 0 Å². The fourth-order valence-electron chi connectivity index (χ4n) is 1.71. The maximum absolute atomic E-state index is 2.29. The fraction of sp³-hybridized carbons (Fsp3) is 1.00. The van der Waals surface area contributed by atoms with Crippen LogP contribution in [0.3, 0.4) is 0 Å². The largest absolute Gasteiger partial charge is 0.0683 e. The second-order valence-corrected chi connectivity index (χ2v) is 3.94. The zero-order valence-electron chi connectivity index (χ0n) is 11.2. The molecule has 0 saturated heterocycles. The minimum atomic E-state index is 1.11. The van der Waals surface area contributed by atoms with Gasteiger partial charge in [-0.15, -0.1) is 0 Å². The maximum Gasteiger partial charge on any atom is -0.0414 e. The van der Waals surface area contributed by atoms with E-state index in [0.717, 1.165) is 5.92 Å². The summed E-state index contributed by atoms with van der Waals surface area (Å²) in [7, 11) is 0. The van der Waals surface area contributed by atoms with E-state index in [9.17, 15) is 0 Å². The van der Waals surface area contributed by atoms with E-state index in [4.69, 9.17) is 0 Å². The van der Waals surface area contributed by atoms with Gasteiger partial charge >= 0.3 is 0 Å². The lowest BCUT2D eigenvalue weighted by molar-refractivity contribution is 0.496. The van der Waals surface area contributed by atoms with Crippen molar-refractivity contribution in [2.45, 2.75) is 86.0 Å². The Bertz CT molecular complexity index is 68.1. The van der Waals surface area contributed by atoms with Gasteiger partial charge in [0, 0.05) is 0 Å². The van der Waals surface area contributed by atoms with Crippen LogP contribution in [-0.2, 0) is 0 Å². The summed E-state index contributed by atoms with van der Waals surface area (Å²) in [4.78, 5) is 0. The SMILES string of the molecule is CC.CCCC.CCCC1CCCC1. The van der Waals surface area contributed by atoms with Crippen molar-refractivity contribution in [2.75, 3.05) is 0 Å². The predicted molar refractivity (Wildman–Crippen MR) is 68.8 cm³/mol. The van der Waals surface area contributed by atoms with Crippen LogP contribution in [0.1, 0.15) is 86.0 Å². The minimum absolute atomic E-state index is 1.11. The topological polar surface area (TPSA) is 0 Å². The smallest absolute Gasteiger partial charge is 0.0414 e. The molecule has 0 heterocycles. The van der Waals surface area contributed by atoms with Crippen LogP contribution in [0.15, 0.2) is 0 Å². The molecule has 1 aliphatic rings. The summed E-state index contributed by atoms with van der Waals surface area (Å²) in [6.45, 7) is 10.7. The van der Waals surface area contributed by atoms with Crippen molar-refractivity contribution in [1.82, 2.24) is 0 Å². The van der Waals surface area contributed by atoms with E-state index < -0.39 is 0 Å². The van der Waals surface area contributed by atoms with Gasteiger partial charge in [-0.25, -0.2) is 0 Å². The van der Waals surface area contributed by atoms with Crippen LogP contribution in [0.5, 0.6) is 0 Å². The summed E-state index contributed by atoms with van der Waals surface area (Å²) in [5.74, 6) is 1.11. The number of rotatable bonds is 3. The van der Waals surface area contributed by atoms with Crippen molar-refractivity contribution in [1.29, 1.82) is 0 Å². The monoisotopic (exact) mass is 200 g/mol. The molecule has 0 aliphatic heterocycles. The minimum Gasteiger partial charge on any atom is -0.0683 e. The van der Waals surface area contributed by atoms with E-state index in [2.05, 4.69) is 20.8 Å². The zero-order valence-corrected chi connectivity index (χ0v) is 11.2. The van der Waals surface area contributed by atoms with Crippen LogP contribution in [0.2, 0.25) is 0 Å². The third-order valence-electron chi connectivity index (χ3n) is 2.67. The molecule has 1 saturated carbocycles. The number of unbranched alkanes of at least 4 members (excludes halogenated alkanes) is 1. The highest BCUT2D eigenvalue weighted by atomic mass is 14.2. The summed E-state index contributed by atoms with van der Waals surface area (Å²) in [6, 6.07) is 0. The molecular weight excluding hydrogens is 168 g/mol. The van der Waals surface area contributed by atoms with Crippen LogP contribution in [0, 0.1) is 5.92 Å². The fourth-order valence-corrected chi connectivity index (χ4v) is 1.71. The van der Waals surface area contributed by atoms with E-state index >= 15 is 0 Å². The van der Waals surface area contributed by atoms with E-state index in [1.54, 1.807) is 0 Å². The molecule has 0 unspecified atom stereocenters. The van der Waals surface area contributed by atoms with Gasteiger partial charge in [-0.2, -0.15) is 0 Å². The zero-order chi connectivity index (χ0) is 11.2. The summed E-state index contributed by atoms with van der Waals surface area (Å²) in [5, 5.41) is 0. The molecule has 1 fully saturated rings. The first kappa shape index (κ1) is 16.4. The van der Waals surface area contributed by atoms with Gasteiger partial charge in [0.2, 0.25) is 0 Å². The van der Waals surface area contributed by atoms with Crippen molar-refractivity contribution >= 4 is 0 Å². The number of hydrogen-bond donors (Lipinski definition) is 0. The Hall–Kier alpha value is 0. The van der Waals surface area contributed by atoms with Crippen molar-refractivity contribution in [3.05, 3.63) is 0 Å². The molecule has 0 radical (unpaired) electrons. The van der Waals surface area contributed by atoms with Crippen molar-refractivity contribution < 1.29 is 0 Å². The first-order chi connectivity index (χ1) is 6.85. The average Bonchev–Trinajstić information content (AvgIpc) is 2.75. The predicted octanol–water partition coefficient (Wildman–Crippen LogP) is 5.81. The molecule has 88 valence electrons. The molecule has 0 N–H and O–H groups in total. The Balaban J connectivity index is 0. The Morgan fingerprint density at radius 3 is 1.50 bits per heavy atom. The highest BCUT2D eigenvalue weighted by Gasteiger charge is 2.12. The summed E-state index contributed by atoms with van der Waals surface area (Å²) >= 11 is 0. The van der Waals surface area contributed by atoms with E-state index in [1.165, 1.54) is 51.4 Å². The van der Waals surface area contributed by atoms with Gasteiger partial charge in [0.25, 0.3) is 0 Å². The molecular formula is C14H32. The molecule has 0 aromatic rings. The third-order valence-corrected chi connectivity index (χ3v) is 2.67. The van der Waals surface area contributed by atoms with E-state index in [0.29, 0.717) is 0 Å². The van der Waals surface area contributed by atoms with Crippen LogP contribution in [0.4, 0.5) is 0 Å². The lowest BCUT2D eigenvalue weighted by Gasteiger charge is -2.03. The molecule has 0 aromatic carbocycles. The van der Waals surface area contributed by atoms with Gasteiger partial charge in [-0.05, 0) is 5.92 Å². The summed E-state index contributed by atoms with van der Waals surface area (Å²) < 4.78 is 0. The Morgan fingerprint density at radius 1 is 0.786 bits per heavy atom.